The molecule has 0 fully saturated rings. The average Bonchev–Trinajstić information content (AvgIpc) is 3.31. The lowest BCUT2D eigenvalue weighted by Crippen LogP contribution is -2.22. The number of carbonyl (C=O) groups excluding carboxylic acids is 2. The highest BCUT2D eigenvalue weighted by atomic mass is 19.1. The molecule has 0 aromatic heterocycles. The van der Waals surface area contributed by atoms with Crippen LogP contribution in [0.4, 0.5) is 4.39 Å². The summed E-state index contributed by atoms with van der Waals surface area (Å²) in [4.78, 5) is 25.7. The zero-order chi connectivity index (χ0) is 25.9. The fraction of sp³-hybridized carbons (Fsp3) is 0.0968. The van der Waals surface area contributed by atoms with Gasteiger partial charge in [0.25, 0.3) is 11.8 Å². The quantitative estimate of drug-likeness (QED) is 0.340. The first kappa shape index (κ1) is 24.0. The number of nitrogens with one attached hydrogen (secondary N) is 2. The van der Waals surface area contributed by atoms with E-state index in [1.54, 1.807) is 55.6 Å². The minimum atomic E-state index is -0.326. The monoisotopic (exact) mass is 492 g/mol. The first-order chi connectivity index (χ1) is 17.9. The van der Waals surface area contributed by atoms with Crippen LogP contribution in [0, 0.1) is 5.82 Å². The van der Waals surface area contributed by atoms with E-state index in [0.717, 1.165) is 33.4 Å². The van der Waals surface area contributed by atoms with E-state index in [2.05, 4.69) is 10.6 Å². The zero-order valence-electron chi connectivity index (χ0n) is 20.2. The molecule has 5 nitrogen and oxygen atoms in total. The number of halogens is 1. The van der Waals surface area contributed by atoms with E-state index in [-0.39, 0.29) is 29.9 Å². The Morgan fingerprint density at radius 1 is 0.838 bits per heavy atom. The SMILES string of the molecule is CNC(=O)C1=C(c2ccc(F)cc2)Cc2ccc(-c3cccc(C(=O)NCc4ccccc4O)c3)cc21. The molecule has 0 radical (unpaired) electrons. The molecule has 0 saturated heterocycles. The molecule has 2 amide bonds. The van der Waals surface area contributed by atoms with Crippen LogP contribution in [0.2, 0.25) is 0 Å². The number of hydrogen-bond donors (Lipinski definition) is 3. The van der Waals surface area contributed by atoms with E-state index in [1.165, 1.54) is 12.1 Å². The van der Waals surface area contributed by atoms with E-state index in [4.69, 9.17) is 0 Å². The van der Waals surface area contributed by atoms with Gasteiger partial charge in [0.05, 0.1) is 5.57 Å². The maximum Gasteiger partial charge on any atom is 0.251 e. The first-order valence-electron chi connectivity index (χ1n) is 11.9. The lowest BCUT2D eigenvalue weighted by Gasteiger charge is -2.11. The fourth-order valence-electron chi connectivity index (χ4n) is 4.64. The van der Waals surface area contributed by atoms with E-state index in [0.29, 0.717) is 23.1 Å². The summed E-state index contributed by atoms with van der Waals surface area (Å²) >= 11 is 0. The molecule has 6 heteroatoms. The number of fused-ring (bicyclic) bond motifs is 1. The van der Waals surface area contributed by atoms with Crippen LogP contribution in [-0.2, 0) is 17.8 Å². The molecule has 1 aliphatic carbocycles. The number of aromatic hydroxyl groups is 1. The van der Waals surface area contributed by atoms with Gasteiger partial charge in [-0.25, -0.2) is 4.39 Å². The van der Waals surface area contributed by atoms with Gasteiger partial charge in [-0.3, -0.25) is 9.59 Å². The van der Waals surface area contributed by atoms with Crippen molar-refractivity contribution in [3.05, 3.63) is 125 Å². The molecule has 0 spiro atoms. The van der Waals surface area contributed by atoms with E-state index in [1.807, 2.05) is 30.3 Å². The van der Waals surface area contributed by atoms with Crippen LogP contribution in [0.5, 0.6) is 5.75 Å². The molecule has 0 heterocycles. The van der Waals surface area contributed by atoms with Crippen LogP contribution in [0.15, 0.2) is 91.0 Å². The Balaban J connectivity index is 1.45. The van der Waals surface area contributed by atoms with Crippen LogP contribution in [0.1, 0.15) is 32.6 Å². The topological polar surface area (TPSA) is 78.4 Å². The molecule has 4 aromatic carbocycles. The molecule has 4 aromatic rings. The molecule has 184 valence electrons. The van der Waals surface area contributed by atoms with Crippen molar-refractivity contribution in [2.24, 2.45) is 0 Å². The predicted molar refractivity (Wildman–Crippen MR) is 142 cm³/mol. The molecular formula is C31H25FN2O3. The summed E-state index contributed by atoms with van der Waals surface area (Å²) in [6, 6.07) is 26.3. The summed E-state index contributed by atoms with van der Waals surface area (Å²) in [6.45, 7) is 0.209. The molecule has 37 heavy (non-hydrogen) atoms. The van der Waals surface area contributed by atoms with Crippen LogP contribution in [0.3, 0.4) is 0 Å². The van der Waals surface area contributed by atoms with Gasteiger partial charge in [0, 0.05) is 24.7 Å². The maximum absolute atomic E-state index is 13.5. The number of rotatable bonds is 6. The molecular weight excluding hydrogens is 467 g/mol. The number of benzene rings is 4. The van der Waals surface area contributed by atoms with Crippen molar-refractivity contribution in [3.63, 3.8) is 0 Å². The smallest absolute Gasteiger partial charge is 0.251 e. The summed E-state index contributed by atoms with van der Waals surface area (Å²) in [6.07, 6.45) is 0.568. The Bertz CT molecular complexity index is 1540. The first-order valence-corrected chi connectivity index (χ1v) is 11.9. The number of phenols is 1. The van der Waals surface area contributed by atoms with Crippen LogP contribution in [-0.4, -0.2) is 24.0 Å². The number of carbonyl (C=O) groups is 2. The van der Waals surface area contributed by atoms with Gasteiger partial charge in [-0.15, -0.1) is 0 Å². The van der Waals surface area contributed by atoms with Crippen LogP contribution >= 0.6 is 0 Å². The molecule has 0 unspecified atom stereocenters. The summed E-state index contributed by atoms with van der Waals surface area (Å²) in [5.74, 6) is -0.647. The predicted octanol–water partition coefficient (Wildman–Crippen LogP) is 5.34. The van der Waals surface area contributed by atoms with Crippen molar-refractivity contribution in [1.82, 2.24) is 10.6 Å². The van der Waals surface area contributed by atoms with Crippen molar-refractivity contribution in [3.8, 4) is 16.9 Å². The second-order valence-electron chi connectivity index (χ2n) is 8.88. The number of allylic oxidation sites excluding steroid dienone is 1. The molecule has 0 atom stereocenters. The van der Waals surface area contributed by atoms with Gasteiger partial charge in [0.15, 0.2) is 0 Å². The maximum atomic E-state index is 13.5. The second-order valence-corrected chi connectivity index (χ2v) is 8.88. The van der Waals surface area contributed by atoms with E-state index >= 15 is 0 Å². The molecule has 5 rings (SSSR count). The summed E-state index contributed by atoms with van der Waals surface area (Å²) in [5.41, 5.74) is 6.90. The van der Waals surface area contributed by atoms with Crippen molar-refractivity contribution in [2.75, 3.05) is 7.05 Å². The highest BCUT2D eigenvalue weighted by Crippen LogP contribution is 2.40. The highest BCUT2D eigenvalue weighted by molar-refractivity contribution is 6.29. The lowest BCUT2D eigenvalue weighted by atomic mass is 9.96. The highest BCUT2D eigenvalue weighted by Gasteiger charge is 2.27. The lowest BCUT2D eigenvalue weighted by molar-refractivity contribution is -0.115. The molecule has 1 aliphatic rings. The summed E-state index contributed by atoms with van der Waals surface area (Å²) in [7, 11) is 1.59. The number of likely N-dealkylation sites (N-methyl/N-ethyl adjacent to an activating group) is 1. The molecule has 0 saturated carbocycles. The molecule has 0 aliphatic heterocycles. The summed E-state index contributed by atoms with van der Waals surface area (Å²) < 4.78 is 13.5. The zero-order valence-corrected chi connectivity index (χ0v) is 20.2. The van der Waals surface area contributed by atoms with Gasteiger partial charge in [0.1, 0.15) is 11.6 Å². The number of phenolic OH excluding ortho intramolecular Hbond substituents is 1. The number of amides is 2. The third kappa shape index (κ3) is 4.86. The van der Waals surface area contributed by atoms with Gasteiger partial charge in [-0.05, 0) is 76.2 Å². The van der Waals surface area contributed by atoms with E-state index in [9.17, 15) is 19.1 Å². The van der Waals surface area contributed by atoms with Gasteiger partial charge in [0.2, 0.25) is 0 Å². The summed E-state index contributed by atoms with van der Waals surface area (Å²) in [5, 5.41) is 15.5. The van der Waals surface area contributed by atoms with Crippen molar-refractivity contribution in [2.45, 2.75) is 13.0 Å². The average molecular weight is 493 g/mol. The minimum Gasteiger partial charge on any atom is -0.508 e. The third-order valence-electron chi connectivity index (χ3n) is 6.58. The standard InChI is InChI=1S/C31H25FN2O3/c1-33-31(37)29-26(19-11-13-25(32)14-12-19)17-22-10-9-21(16-27(22)29)20-6-4-7-23(15-20)30(36)34-18-24-5-2-3-8-28(24)35/h2-16,35H,17-18H2,1H3,(H,33,37)(H,34,36). The fourth-order valence-corrected chi connectivity index (χ4v) is 4.64. The van der Waals surface area contributed by atoms with Gasteiger partial charge >= 0.3 is 0 Å². The Labute approximate surface area is 214 Å². The molecule has 0 bridgehead atoms. The van der Waals surface area contributed by atoms with Gasteiger partial charge < -0.3 is 15.7 Å². The minimum absolute atomic E-state index is 0.134. The Morgan fingerprint density at radius 2 is 1.57 bits per heavy atom. The van der Waals surface area contributed by atoms with Crippen molar-refractivity contribution < 1.29 is 19.1 Å². The largest absolute Gasteiger partial charge is 0.508 e. The Morgan fingerprint density at radius 3 is 2.32 bits per heavy atom. The van der Waals surface area contributed by atoms with Crippen molar-refractivity contribution >= 4 is 23.0 Å². The van der Waals surface area contributed by atoms with Crippen LogP contribution < -0.4 is 10.6 Å². The van der Waals surface area contributed by atoms with E-state index < -0.39 is 0 Å². The second kappa shape index (κ2) is 10.1. The van der Waals surface area contributed by atoms with Crippen LogP contribution in [0.25, 0.3) is 22.3 Å². The third-order valence-corrected chi connectivity index (χ3v) is 6.58. The number of para-hydroxylation sites is 1. The Kier molecular flexibility index (Phi) is 6.56. The normalized spacial score (nSPS) is 12.3. The van der Waals surface area contributed by atoms with Gasteiger partial charge in [-0.1, -0.05) is 54.6 Å². The molecule has 3 N–H and O–H groups in total. The number of hydrogen-bond acceptors (Lipinski definition) is 3. The van der Waals surface area contributed by atoms with Gasteiger partial charge in [-0.2, -0.15) is 0 Å². The van der Waals surface area contributed by atoms with Crippen molar-refractivity contribution in [1.29, 1.82) is 0 Å². The Hall–Kier alpha value is -4.71.